The van der Waals surface area contributed by atoms with Crippen molar-refractivity contribution in [2.75, 3.05) is 12.4 Å². The van der Waals surface area contributed by atoms with Crippen LogP contribution in [0.1, 0.15) is 15.9 Å². The minimum atomic E-state index is -0.168. The molecule has 4 aromatic rings. The molecule has 5 nitrogen and oxygen atoms in total. The molecule has 130 valence electrons. The lowest BCUT2D eigenvalue weighted by molar-refractivity contribution is 0.102. The number of ether oxygens (including phenoxy) is 1. The van der Waals surface area contributed by atoms with E-state index in [0.29, 0.717) is 22.1 Å². The van der Waals surface area contributed by atoms with Crippen LogP contribution >= 0.6 is 11.3 Å². The summed E-state index contributed by atoms with van der Waals surface area (Å²) >= 11 is 1.36. The number of benzene rings is 2. The second-order valence-electron chi connectivity index (χ2n) is 5.82. The standard InChI is InChI=1S/C20H16N2O3S/c1-12-5-3-4-6-15(12)19(23)22-20-21-16(11-26-20)18-10-13-9-14(24-2)7-8-17(13)25-18/h3-11H,1-2H3,(H,21,22,23). The van der Waals surface area contributed by atoms with E-state index in [1.807, 2.05) is 54.8 Å². The number of methoxy groups -OCH3 is 1. The van der Waals surface area contributed by atoms with E-state index in [1.165, 1.54) is 11.3 Å². The van der Waals surface area contributed by atoms with Crippen LogP contribution < -0.4 is 10.1 Å². The number of rotatable bonds is 4. The van der Waals surface area contributed by atoms with Gasteiger partial charge in [0, 0.05) is 16.3 Å². The maximum atomic E-state index is 12.4. The molecule has 0 unspecified atom stereocenters. The average Bonchev–Trinajstić information content (AvgIpc) is 3.27. The third kappa shape index (κ3) is 3.07. The molecule has 2 heterocycles. The highest BCUT2D eigenvalue weighted by molar-refractivity contribution is 7.14. The Kier molecular flexibility index (Phi) is 4.18. The van der Waals surface area contributed by atoms with Crippen LogP contribution in [0.25, 0.3) is 22.4 Å². The Labute approximate surface area is 154 Å². The lowest BCUT2D eigenvalue weighted by Crippen LogP contribution is -2.12. The van der Waals surface area contributed by atoms with Gasteiger partial charge in [-0.1, -0.05) is 18.2 Å². The minimum absolute atomic E-state index is 0.168. The summed E-state index contributed by atoms with van der Waals surface area (Å²) in [6, 6.07) is 15.0. The second-order valence-corrected chi connectivity index (χ2v) is 6.68. The third-order valence-electron chi connectivity index (χ3n) is 4.09. The van der Waals surface area contributed by atoms with E-state index in [0.717, 1.165) is 22.3 Å². The average molecular weight is 364 g/mol. The van der Waals surface area contributed by atoms with Gasteiger partial charge in [-0.3, -0.25) is 10.1 Å². The van der Waals surface area contributed by atoms with Gasteiger partial charge in [0.15, 0.2) is 10.9 Å². The third-order valence-corrected chi connectivity index (χ3v) is 4.85. The van der Waals surface area contributed by atoms with Crippen LogP contribution in [0.4, 0.5) is 5.13 Å². The van der Waals surface area contributed by atoms with Gasteiger partial charge in [-0.2, -0.15) is 0 Å². The Bertz CT molecular complexity index is 1100. The molecule has 0 radical (unpaired) electrons. The number of hydrogen-bond donors (Lipinski definition) is 1. The number of carbonyl (C=O) groups excluding carboxylic acids is 1. The molecule has 1 amide bonds. The van der Waals surface area contributed by atoms with E-state index in [-0.39, 0.29) is 5.91 Å². The number of amides is 1. The van der Waals surface area contributed by atoms with Gasteiger partial charge in [0.05, 0.1) is 7.11 Å². The van der Waals surface area contributed by atoms with Crippen LogP contribution in [0.5, 0.6) is 5.75 Å². The van der Waals surface area contributed by atoms with Crippen molar-refractivity contribution >= 4 is 33.3 Å². The maximum absolute atomic E-state index is 12.4. The summed E-state index contributed by atoms with van der Waals surface area (Å²) in [5.74, 6) is 1.26. The SMILES string of the molecule is COc1ccc2oc(-c3csc(NC(=O)c4ccccc4C)n3)cc2c1. The number of nitrogens with one attached hydrogen (secondary N) is 1. The van der Waals surface area contributed by atoms with Gasteiger partial charge in [-0.05, 0) is 42.8 Å². The molecular weight excluding hydrogens is 348 g/mol. The monoisotopic (exact) mass is 364 g/mol. The van der Waals surface area contributed by atoms with Gasteiger partial charge in [-0.25, -0.2) is 4.98 Å². The molecule has 0 saturated heterocycles. The van der Waals surface area contributed by atoms with Gasteiger partial charge in [0.1, 0.15) is 17.0 Å². The molecule has 0 fully saturated rings. The molecule has 0 aliphatic carbocycles. The number of anilines is 1. The van der Waals surface area contributed by atoms with Crippen LogP contribution in [0, 0.1) is 6.92 Å². The number of aryl methyl sites for hydroxylation is 1. The second kappa shape index (κ2) is 6.65. The first kappa shape index (κ1) is 16.4. The number of nitrogens with zero attached hydrogens (tertiary/aromatic N) is 1. The molecule has 4 rings (SSSR count). The molecule has 2 aromatic carbocycles. The van der Waals surface area contributed by atoms with Crippen molar-refractivity contribution in [3.05, 3.63) is 65.0 Å². The molecule has 0 spiro atoms. The molecule has 0 atom stereocenters. The van der Waals surface area contributed by atoms with Crippen LogP contribution in [0.15, 0.2) is 58.3 Å². The highest BCUT2D eigenvalue weighted by atomic mass is 32.1. The summed E-state index contributed by atoms with van der Waals surface area (Å²) < 4.78 is 11.1. The lowest BCUT2D eigenvalue weighted by atomic mass is 10.1. The molecule has 1 N–H and O–H groups in total. The molecule has 6 heteroatoms. The molecule has 0 aliphatic rings. The smallest absolute Gasteiger partial charge is 0.257 e. The summed E-state index contributed by atoms with van der Waals surface area (Å²) in [6.07, 6.45) is 0. The summed E-state index contributed by atoms with van der Waals surface area (Å²) in [5, 5.41) is 6.19. The van der Waals surface area contributed by atoms with Crippen molar-refractivity contribution < 1.29 is 13.9 Å². The molecule has 26 heavy (non-hydrogen) atoms. The predicted octanol–water partition coefficient (Wildman–Crippen LogP) is 5.13. The highest BCUT2D eigenvalue weighted by Gasteiger charge is 2.14. The Morgan fingerprint density at radius 2 is 2.04 bits per heavy atom. The Hall–Kier alpha value is -3.12. The molecule has 0 bridgehead atoms. The van der Waals surface area contributed by atoms with Gasteiger partial charge in [-0.15, -0.1) is 11.3 Å². The Balaban J connectivity index is 1.58. The fourth-order valence-electron chi connectivity index (χ4n) is 2.71. The number of fused-ring (bicyclic) bond motifs is 1. The van der Waals surface area contributed by atoms with Gasteiger partial charge < -0.3 is 9.15 Å². The first-order chi connectivity index (χ1) is 12.6. The zero-order valence-electron chi connectivity index (χ0n) is 14.3. The first-order valence-electron chi connectivity index (χ1n) is 8.04. The number of furan rings is 1. The fourth-order valence-corrected chi connectivity index (χ4v) is 3.41. The van der Waals surface area contributed by atoms with E-state index in [4.69, 9.17) is 9.15 Å². The highest BCUT2D eigenvalue weighted by Crippen LogP contribution is 2.32. The maximum Gasteiger partial charge on any atom is 0.257 e. The number of carbonyl (C=O) groups is 1. The van der Waals surface area contributed by atoms with Crippen molar-refractivity contribution in [1.82, 2.24) is 4.98 Å². The summed E-state index contributed by atoms with van der Waals surface area (Å²) in [5.41, 5.74) is 3.01. The van der Waals surface area contributed by atoms with Crippen LogP contribution in [-0.4, -0.2) is 18.0 Å². The zero-order valence-corrected chi connectivity index (χ0v) is 15.1. The summed E-state index contributed by atoms with van der Waals surface area (Å²) in [7, 11) is 1.63. The first-order valence-corrected chi connectivity index (χ1v) is 8.92. The summed E-state index contributed by atoms with van der Waals surface area (Å²) in [6.45, 7) is 1.91. The van der Waals surface area contributed by atoms with Gasteiger partial charge in [0.25, 0.3) is 5.91 Å². The van der Waals surface area contributed by atoms with E-state index in [1.54, 1.807) is 13.2 Å². The van der Waals surface area contributed by atoms with Crippen LogP contribution in [0.3, 0.4) is 0 Å². The lowest BCUT2D eigenvalue weighted by Gasteiger charge is -2.04. The van der Waals surface area contributed by atoms with E-state index < -0.39 is 0 Å². The van der Waals surface area contributed by atoms with Crippen LogP contribution in [0.2, 0.25) is 0 Å². The molecule has 2 aromatic heterocycles. The summed E-state index contributed by atoms with van der Waals surface area (Å²) in [4.78, 5) is 16.9. The minimum Gasteiger partial charge on any atom is -0.497 e. The van der Waals surface area contributed by atoms with Gasteiger partial charge in [0.2, 0.25) is 0 Å². The van der Waals surface area contributed by atoms with Crippen molar-refractivity contribution in [3.63, 3.8) is 0 Å². The fraction of sp³-hybridized carbons (Fsp3) is 0.100. The quantitative estimate of drug-likeness (QED) is 0.545. The van der Waals surface area contributed by atoms with Crippen molar-refractivity contribution in [2.24, 2.45) is 0 Å². The molecular formula is C20H16N2O3S. The zero-order chi connectivity index (χ0) is 18.1. The van der Waals surface area contributed by atoms with Gasteiger partial charge >= 0.3 is 0 Å². The molecule has 0 aliphatic heterocycles. The van der Waals surface area contributed by atoms with Crippen molar-refractivity contribution in [1.29, 1.82) is 0 Å². The predicted molar refractivity (Wildman–Crippen MR) is 103 cm³/mol. The van der Waals surface area contributed by atoms with Crippen molar-refractivity contribution in [3.8, 4) is 17.2 Å². The topological polar surface area (TPSA) is 64.4 Å². The van der Waals surface area contributed by atoms with E-state index >= 15 is 0 Å². The van der Waals surface area contributed by atoms with E-state index in [9.17, 15) is 4.79 Å². The largest absolute Gasteiger partial charge is 0.497 e. The van der Waals surface area contributed by atoms with Crippen LogP contribution in [-0.2, 0) is 0 Å². The Morgan fingerprint density at radius 3 is 2.85 bits per heavy atom. The number of thiazole rings is 1. The van der Waals surface area contributed by atoms with E-state index in [2.05, 4.69) is 10.3 Å². The Morgan fingerprint density at radius 1 is 1.19 bits per heavy atom. The number of hydrogen-bond acceptors (Lipinski definition) is 5. The normalized spacial score (nSPS) is 10.8. The molecule has 0 saturated carbocycles. The van der Waals surface area contributed by atoms with Crippen molar-refractivity contribution in [2.45, 2.75) is 6.92 Å². The number of aromatic nitrogens is 1.